The van der Waals surface area contributed by atoms with Gasteiger partial charge in [0, 0.05) is 18.2 Å². The van der Waals surface area contributed by atoms with E-state index < -0.39 is 0 Å². The molecule has 0 saturated carbocycles. The molecule has 4 nitrogen and oxygen atoms in total. The lowest BCUT2D eigenvalue weighted by molar-refractivity contribution is 0.0953. The molecule has 1 unspecified atom stereocenters. The summed E-state index contributed by atoms with van der Waals surface area (Å²) < 4.78 is 1.03. The number of thiazole rings is 1. The van der Waals surface area contributed by atoms with Gasteiger partial charge in [-0.3, -0.25) is 4.79 Å². The predicted molar refractivity (Wildman–Crippen MR) is 70.2 cm³/mol. The standard InChI is InChI=1S/C12H15N3OS/c1-8(13)4-5-14-12(16)9-2-3-10-11(6-9)17-7-15-10/h2-3,6-8H,4-5,13H2,1H3,(H,14,16). The van der Waals surface area contributed by atoms with Crippen molar-refractivity contribution in [2.24, 2.45) is 5.73 Å². The third kappa shape index (κ3) is 3.01. The fourth-order valence-electron chi connectivity index (χ4n) is 1.51. The van der Waals surface area contributed by atoms with Gasteiger partial charge in [0.15, 0.2) is 0 Å². The van der Waals surface area contributed by atoms with E-state index >= 15 is 0 Å². The van der Waals surface area contributed by atoms with Crippen LogP contribution in [0, 0.1) is 0 Å². The Labute approximate surface area is 104 Å². The first-order valence-electron chi connectivity index (χ1n) is 5.54. The smallest absolute Gasteiger partial charge is 0.251 e. The summed E-state index contributed by atoms with van der Waals surface area (Å²) >= 11 is 1.54. The van der Waals surface area contributed by atoms with Crippen LogP contribution in [0.25, 0.3) is 10.2 Å². The first-order chi connectivity index (χ1) is 8.16. The van der Waals surface area contributed by atoms with E-state index in [1.54, 1.807) is 11.6 Å². The van der Waals surface area contributed by atoms with E-state index in [0.717, 1.165) is 16.6 Å². The molecule has 2 rings (SSSR count). The monoisotopic (exact) mass is 249 g/mol. The van der Waals surface area contributed by atoms with Gasteiger partial charge in [-0.15, -0.1) is 11.3 Å². The summed E-state index contributed by atoms with van der Waals surface area (Å²) in [5.74, 6) is -0.0547. The summed E-state index contributed by atoms with van der Waals surface area (Å²) in [5.41, 5.74) is 9.01. The Morgan fingerprint density at radius 1 is 1.59 bits per heavy atom. The molecule has 0 bridgehead atoms. The Hall–Kier alpha value is -1.46. The van der Waals surface area contributed by atoms with E-state index in [9.17, 15) is 4.79 Å². The molecule has 2 aromatic rings. The highest BCUT2D eigenvalue weighted by Gasteiger charge is 2.07. The molecule has 3 N–H and O–H groups in total. The lowest BCUT2D eigenvalue weighted by Crippen LogP contribution is -2.28. The van der Waals surface area contributed by atoms with Gasteiger partial charge in [0.2, 0.25) is 0 Å². The summed E-state index contributed by atoms with van der Waals surface area (Å²) in [7, 11) is 0. The fraction of sp³-hybridized carbons (Fsp3) is 0.333. The summed E-state index contributed by atoms with van der Waals surface area (Å²) in [4.78, 5) is 16.0. The molecule has 0 fully saturated rings. The highest BCUT2D eigenvalue weighted by atomic mass is 32.1. The minimum absolute atomic E-state index is 0.0547. The van der Waals surface area contributed by atoms with Crippen LogP contribution in [0.4, 0.5) is 0 Å². The van der Waals surface area contributed by atoms with Crippen LogP contribution < -0.4 is 11.1 Å². The van der Waals surface area contributed by atoms with Crippen molar-refractivity contribution in [1.29, 1.82) is 0 Å². The Bertz CT molecular complexity index is 521. The molecule has 1 atom stereocenters. The summed E-state index contributed by atoms with van der Waals surface area (Å²) in [6.45, 7) is 2.53. The number of aromatic nitrogens is 1. The molecule has 5 heteroatoms. The van der Waals surface area contributed by atoms with Gasteiger partial charge in [0.05, 0.1) is 15.7 Å². The maximum atomic E-state index is 11.8. The largest absolute Gasteiger partial charge is 0.352 e. The topological polar surface area (TPSA) is 68.0 Å². The second-order valence-corrected chi connectivity index (χ2v) is 4.94. The number of nitrogens with one attached hydrogen (secondary N) is 1. The summed E-state index contributed by atoms with van der Waals surface area (Å²) in [5, 5.41) is 2.85. The molecule has 17 heavy (non-hydrogen) atoms. The average molecular weight is 249 g/mol. The van der Waals surface area contributed by atoms with Gasteiger partial charge in [-0.1, -0.05) is 0 Å². The quantitative estimate of drug-likeness (QED) is 0.867. The molecule has 1 aromatic carbocycles. The molecule has 0 aliphatic rings. The van der Waals surface area contributed by atoms with Crippen LogP contribution >= 0.6 is 11.3 Å². The number of amides is 1. The van der Waals surface area contributed by atoms with E-state index in [1.807, 2.05) is 19.1 Å². The molecule has 0 aliphatic carbocycles. The third-order valence-electron chi connectivity index (χ3n) is 2.48. The van der Waals surface area contributed by atoms with Crippen molar-refractivity contribution in [2.45, 2.75) is 19.4 Å². The van der Waals surface area contributed by atoms with Crippen LogP contribution in [-0.4, -0.2) is 23.5 Å². The second kappa shape index (κ2) is 5.25. The number of carbonyl (C=O) groups is 1. The molecule has 1 aromatic heterocycles. The number of hydrogen-bond acceptors (Lipinski definition) is 4. The number of nitrogens with zero attached hydrogens (tertiary/aromatic N) is 1. The predicted octanol–water partition coefficient (Wildman–Crippen LogP) is 1.76. The molecular weight excluding hydrogens is 234 g/mol. The number of fused-ring (bicyclic) bond motifs is 1. The van der Waals surface area contributed by atoms with Crippen LogP contribution in [0.5, 0.6) is 0 Å². The Morgan fingerprint density at radius 3 is 3.18 bits per heavy atom. The van der Waals surface area contributed by atoms with E-state index in [1.165, 1.54) is 11.3 Å². The maximum Gasteiger partial charge on any atom is 0.251 e. The zero-order valence-electron chi connectivity index (χ0n) is 9.64. The minimum Gasteiger partial charge on any atom is -0.352 e. The Kier molecular flexibility index (Phi) is 3.71. The number of nitrogens with two attached hydrogens (primary N) is 1. The second-order valence-electron chi connectivity index (χ2n) is 4.06. The number of carbonyl (C=O) groups excluding carboxylic acids is 1. The maximum absolute atomic E-state index is 11.8. The zero-order chi connectivity index (χ0) is 12.3. The van der Waals surface area contributed by atoms with Crippen molar-refractivity contribution >= 4 is 27.5 Å². The van der Waals surface area contributed by atoms with E-state index in [2.05, 4.69) is 10.3 Å². The van der Waals surface area contributed by atoms with Crippen molar-refractivity contribution < 1.29 is 4.79 Å². The van der Waals surface area contributed by atoms with Gasteiger partial charge in [-0.05, 0) is 31.5 Å². The SMILES string of the molecule is CC(N)CCNC(=O)c1ccc2ncsc2c1. The first-order valence-corrected chi connectivity index (χ1v) is 6.42. The van der Waals surface area contributed by atoms with Gasteiger partial charge in [-0.2, -0.15) is 0 Å². The summed E-state index contributed by atoms with van der Waals surface area (Å²) in [6.07, 6.45) is 0.786. The van der Waals surface area contributed by atoms with Crippen LogP contribution in [0.15, 0.2) is 23.7 Å². The van der Waals surface area contributed by atoms with Gasteiger partial charge in [0.25, 0.3) is 5.91 Å². The molecule has 0 aliphatic heterocycles. The molecule has 0 saturated heterocycles. The molecule has 0 radical (unpaired) electrons. The average Bonchev–Trinajstić information content (AvgIpc) is 2.75. The normalized spacial score (nSPS) is 12.6. The summed E-state index contributed by atoms with van der Waals surface area (Å²) in [6, 6.07) is 5.64. The fourth-order valence-corrected chi connectivity index (χ4v) is 2.23. The molecule has 1 heterocycles. The van der Waals surface area contributed by atoms with Crippen molar-refractivity contribution in [3.8, 4) is 0 Å². The van der Waals surface area contributed by atoms with E-state index in [4.69, 9.17) is 5.73 Å². The third-order valence-corrected chi connectivity index (χ3v) is 3.27. The van der Waals surface area contributed by atoms with Gasteiger partial charge in [-0.25, -0.2) is 4.98 Å². The molecule has 1 amide bonds. The number of benzene rings is 1. The number of hydrogen-bond donors (Lipinski definition) is 2. The lowest BCUT2D eigenvalue weighted by atomic mass is 10.2. The Morgan fingerprint density at radius 2 is 2.41 bits per heavy atom. The highest BCUT2D eigenvalue weighted by molar-refractivity contribution is 7.16. The first kappa shape index (κ1) is 12.0. The molecule has 90 valence electrons. The van der Waals surface area contributed by atoms with E-state index in [0.29, 0.717) is 12.1 Å². The van der Waals surface area contributed by atoms with Gasteiger partial charge >= 0.3 is 0 Å². The minimum atomic E-state index is -0.0547. The van der Waals surface area contributed by atoms with Gasteiger partial charge < -0.3 is 11.1 Å². The van der Waals surface area contributed by atoms with Crippen LogP contribution in [0.1, 0.15) is 23.7 Å². The number of rotatable bonds is 4. The van der Waals surface area contributed by atoms with Crippen molar-refractivity contribution in [3.05, 3.63) is 29.3 Å². The van der Waals surface area contributed by atoms with Crippen LogP contribution in [0.3, 0.4) is 0 Å². The van der Waals surface area contributed by atoms with Gasteiger partial charge in [0.1, 0.15) is 0 Å². The van der Waals surface area contributed by atoms with Crippen LogP contribution in [-0.2, 0) is 0 Å². The lowest BCUT2D eigenvalue weighted by Gasteiger charge is -2.07. The molecule has 0 spiro atoms. The van der Waals surface area contributed by atoms with Crippen molar-refractivity contribution in [2.75, 3.05) is 6.54 Å². The highest BCUT2D eigenvalue weighted by Crippen LogP contribution is 2.18. The van der Waals surface area contributed by atoms with Crippen molar-refractivity contribution in [1.82, 2.24) is 10.3 Å². The zero-order valence-corrected chi connectivity index (χ0v) is 10.5. The van der Waals surface area contributed by atoms with Crippen LogP contribution in [0.2, 0.25) is 0 Å². The van der Waals surface area contributed by atoms with E-state index in [-0.39, 0.29) is 11.9 Å². The van der Waals surface area contributed by atoms with Crippen molar-refractivity contribution in [3.63, 3.8) is 0 Å². The Balaban J connectivity index is 2.03. The molecular formula is C12H15N3OS.